The van der Waals surface area contributed by atoms with Crippen LogP contribution in [0.15, 0.2) is 0 Å². The van der Waals surface area contributed by atoms with E-state index in [1.807, 2.05) is 27.3 Å². The smallest absolute Gasteiger partial charge is 0.357 e. The number of amides is 1. The fourth-order valence-corrected chi connectivity index (χ4v) is 4.27. The van der Waals surface area contributed by atoms with E-state index in [1.165, 1.54) is 4.90 Å². The summed E-state index contributed by atoms with van der Waals surface area (Å²) in [5.41, 5.74) is -0.276. The van der Waals surface area contributed by atoms with Crippen LogP contribution in [0.1, 0.15) is 27.7 Å². The second-order valence-corrected chi connectivity index (χ2v) is 7.05. The van der Waals surface area contributed by atoms with Crippen molar-refractivity contribution in [2.75, 3.05) is 19.8 Å². The highest BCUT2D eigenvalue weighted by molar-refractivity contribution is 6.67. The molecule has 0 spiro atoms. The molecule has 6 heteroatoms. The molecule has 0 heterocycles. The van der Waals surface area contributed by atoms with Crippen LogP contribution in [0.25, 0.3) is 0 Å². The van der Waals surface area contributed by atoms with E-state index in [0.29, 0.717) is 19.8 Å². The van der Waals surface area contributed by atoms with Gasteiger partial charge in [-0.3, -0.25) is 0 Å². The molecule has 0 radical (unpaired) electrons. The maximum atomic E-state index is 11.0. The van der Waals surface area contributed by atoms with Crippen molar-refractivity contribution in [3.05, 3.63) is 0 Å². The Morgan fingerprint density at radius 2 is 1.75 bits per heavy atom. The molecular weight excluding hydrogens is 226 g/mol. The number of carbonyl (C=O) groups excluding carboxylic acids is 1. The summed E-state index contributed by atoms with van der Waals surface area (Å²) in [6.07, 6.45) is -1.17. The lowest BCUT2D eigenvalue weighted by Gasteiger charge is -2.39. The fraction of sp³-hybridized carbons (Fsp3) is 0.900. The van der Waals surface area contributed by atoms with Gasteiger partial charge in [0.25, 0.3) is 0 Å². The van der Waals surface area contributed by atoms with Crippen LogP contribution in [0.2, 0.25) is 6.55 Å². The minimum atomic E-state index is -2.49. The van der Waals surface area contributed by atoms with Crippen molar-refractivity contribution in [1.82, 2.24) is 4.90 Å². The molecule has 1 atom stereocenters. The lowest BCUT2D eigenvalue weighted by molar-refractivity contribution is -0.266. The molecule has 0 aromatic carbocycles. The Balaban J connectivity index is 4.82. The SMILES string of the molecule is CCO[Si](C)(OCC)C(C)N(CC)C(=O)[O-]. The zero-order valence-corrected chi connectivity index (χ0v) is 11.8. The predicted octanol–water partition coefficient (Wildman–Crippen LogP) is 0.724. The van der Waals surface area contributed by atoms with Crippen molar-refractivity contribution in [3.63, 3.8) is 0 Å². The van der Waals surface area contributed by atoms with Gasteiger partial charge in [-0.25, -0.2) is 0 Å². The Morgan fingerprint density at radius 3 is 2.00 bits per heavy atom. The number of carboxylic acid groups (broad SMARTS) is 1. The average Bonchev–Trinajstić information content (AvgIpc) is 2.18. The Labute approximate surface area is 98.6 Å². The highest BCUT2D eigenvalue weighted by Crippen LogP contribution is 2.17. The van der Waals surface area contributed by atoms with Gasteiger partial charge in [0.2, 0.25) is 0 Å². The highest BCUT2D eigenvalue weighted by atomic mass is 28.4. The molecular formula is C10H22NO4Si-. The van der Waals surface area contributed by atoms with Crippen molar-refractivity contribution < 1.29 is 18.8 Å². The maximum absolute atomic E-state index is 11.0. The van der Waals surface area contributed by atoms with E-state index >= 15 is 0 Å². The molecule has 0 fully saturated rings. The van der Waals surface area contributed by atoms with Gasteiger partial charge in [-0.15, -0.1) is 0 Å². The van der Waals surface area contributed by atoms with Gasteiger partial charge in [-0.1, -0.05) is 0 Å². The Hall–Kier alpha value is -0.593. The minimum Gasteiger partial charge on any atom is -0.530 e. The molecule has 0 aromatic heterocycles. The zero-order valence-electron chi connectivity index (χ0n) is 10.8. The van der Waals surface area contributed by atoms with Gasteiger partial charge in [-0.05, 0) is 34.2 Å². The second kappa shape index (κ2) is 6.88. The van der Waals surface area contributed by atoms with E-state index in [4.69, 9.17) is 8.85 Å². The molecule has 1 unspecified atom stereocenters. The monoisotopic (exact) mass is 248 g/mol. The topological polar surface area (TPSA) is 61.8 Å². The minimum absolute atomic E-state index is 0.276. The molecule has 0 aliphatic heterocycles. The molecule has 96 valence electrons. The number of rotatable bonds is 7. The summed E-state index contributed by atoms with van der Waals surface area (Å²) in [4.78, 5) is 12.2. The van der Waals surface area contributed by atoms with E-state index < -0.39 is 14.7 Å². The van der Waals surface area contributed by atoms with Crippen LogP contribution < -0.4 is 5.11 Å². The van der Waals surface area contributed by atoms with Crippen LogP contribution in [0.3, 0.4) is 0 Å². The standard InChI is InChI=1S/C10H23NO4Si/c1-6-11(10(12)13)9(4)16(5,14-7-2)15-8-3/h9H,6-8H2,1-5H3,(H,12,13)/p-1. The van der Waals surface area contributed by atoms with Gasteiger partial charge in [0.1, 0.15) is 6.09 Å². The van der Waals surface area contributed by atoms with E-state index in [2.05, 4.69) is 0 Å². The first-order chi connectivity index (χ1) is 7.42. The third-order valence-electron chi connectivity index (χ3n) is 2.66. The summed E-state index contributed by atoms with van der Waals surface area (Å²) in [7, 11) is -2.49. The second-order valence-electron chi connectivity index (χ2n) is 3.61. The van der Waals surface area contributed by atoms with E-state index in [0.717, 1.165) is 0 Å². The molecule has 0 bridgehead atoms. The number of carbonyl (C=O) groups is 1. The normalized spacial score (nSPS) is 13.6. The van der Waals surface area contributed by atoms with Gasteiger partial charge in [0.15, 0.2) is 0 Å². The van der Waals surface area contributed by atoms with Crippen LogP contribution >= 0.6 is 0 Å². The molecule has 0 aliphatic carbocycles. The Kier molecular flexibility index (Phi) is 6.62. The molecule has 0 aliphatic rings. The summed E-state index contributed by atoms with van der Waals surface area (Å²) < 4.78 is 11.3. The maximum Gasteiger partial charge on any atom is 0.357 e. The number of hydrogen-bond donors (Lipinski definition) is 0. The molecule has 0 N–H and O–H groups in total. The lowest BCUT2D eigenvalue weighted by atomic mass is 10.5. The van der Waals surface area contributed by atoms with Crippen molar-refractivity contribution in [1.29, 1.82) is 0 Å². The van der Waals surface area contributed by atoms with Crippen molar-refractivity contribution in [2.45, 2.75) is 39.9 Å². The van der Waals surface area contributed by atoms with Gasteiger partial charge < -0.3 is 23.7 Å². The lowest BCUT2D eigenvalue weighted by Crippen LogP contribution is -2.61. The molecule has 16 heavy (non-hydrogen) atoms. The van der Waals surface area contributed by atoms with Crippen molar-refractivity contribution >= 4 is 14.7 Å². The van der Waals surface area contributed by atoms with Crippen LogP contribution in [-0.2, 0) is 8.85 Å². The van der Waals surface area contributed by atoms with Crippen molar-refractivity contribution in [3.8, 4) is 0 Å². The van der Waals surface area contributed by atoms with E-state index in [1.54, 1.807) is 6.92 Å². The molecule has 0 saturated carbocycles. The first kappa shape index (κ1) is 15.4. The third kappa shape index (κ3) is 3.77. The fourth-order valence-electron chi connectivity index (χ4n) is 1.70. The van der Waals surface area contributed by atoms with Gasteiger partial charge in [0, 0.05) is 19.8 Å². The summed E-state index contributed by atoms with van der Waals surface area (Å²) in [6, 6.07) is 0. The predicted molar refractivity (Wildman–Crippen MR) is 62.1 cm³/mol. The van der Waals surface area contributed by atoms with Gasteiger partial charge >= 0.3 is 8.56 Å². The van der Waals surface area contributed by atoms with E-state index in [9.17, 15) is 9.90 Å². The van der Waals surface area contributed by atoms with Crippen molar-refractivity contribution in [2.24, 2.45) is 0 Å². The van der Waals surface area contributed by atoms with Crippen LogP contribution in [-0.4, -0.2) is 45.0 Å². The molecule has 1 amide bonds. The summed E-state index contributed by atoms with van der Waals surface area (Å²) in [5, 5.41) is 11.0. The van der Waals surface area contributed by atoms with Gasteiger partial charge in [-0.2, -0.15) is 0 Å². The van der Waals surface area contributed by atoms with Crippen LogP contribution in [0.4, 0.5) is 4.79 Å². The van der Waals surface area contributed by atoms with Crippen LogP contribution in [0.5, 0.6) is 0 Å². The third-order valence-corrected chi connectivity index (χ3v) is 6.22. The average molecular weight is 248 g/mol. The highest BCUT2D eigenvalue weighted by Gasteiger charge is 2.41. The Bertz CT molecular complexity index is 219. The molecule has 0 saturated heterocycles. The summed E-state index contributed by atoms with van der Waals surface area (Å²) >= 11 is 0. The van der Waals surface area contributed by atoms with E-state index in [-0.39, 0.29) is 5.67 Å². The summed E-state index contributed by atoms with van der Waals surface area (Å²) in [5.74, 6) is 0. The van der Waals surface area contributed by atoms with Crippen LogP contribution in [0, 0.1) is 0 Å². The molecule has 0 rings (SSSR count). The number of hydrogen-bond acceptors (Lipinski definition) is 4. The largest absolute Gasteiger partial charge is 0.530 e. The quantitative estimate of drug-likeness (QED) is 0.623. The summed E-state index contributed by atoms with van der Waals surface area (Å²) in [6.45, 7) is 10.7. The first-order valence-corrected chi connectivity index (χ1v) is 8.07. The van der Waals surface area contributed by atoms with Gasteiger partial charge in [0.05, 0.1) is 5.67 Å². The number of nitrogens with zero attached hydrogens (tertiary/aromatic N) is 1. The molecule has 5 nitrogen and oxygen atoms in total. The zero-order chi connectivity index (χ0) is 12.8. The Morgan fingerprint density at radius 1 is 1.31 bits per heavy atom. The first-order valence-electron chi connectivity index (χ1n) is 5.68. The molecule has 0 aromatic rings.